The summed E-state index contributed by atoms with van der Waals surface area (Å²) in [6, 6.07) is 9.02. The van der Waals surface area contributed by atoms with E-state index in [1.54, 1.807) is 0 Å². The Balaban J connectivity index is 1.87. The van der Waals surface area contributed by atoms with Crippen molar-refractivity contribution >= 4 is 0 Å². The molecule has 1 aromatic heterocycles. The van der Waals surface area contributed by atoms with Crippen molar-refractivity contribution in [2.24, 2.45) is 0 Å². The topological polar surface area (TPSA) is 31.9 Å². The second-order valence-corrected chi connectivity index (χ2v) is 5.19. The van der Waals surface area contributed by atoms with Crippen molar-refractivity contribution in [3.05, 3.63) is 41.9 Å². The molecular weight excluding hydrogens is 222 g/mol. The molecule has 1 aromatic carbocycles. The first-order chi connectivity index (χ1) is 8.74. The zero-order chi connectivity index (χ0) is 12.5. The molecule has 2 aromatic rings. The number of nitrogens with one attached hydrogen (secondary N) is 1. The fourth-order valence-electron chi connectivity index (χ4n) is 2.64. The first kappa shape index (κ1) is 11.5. The van der Waals surface area contributed by atoms with Gasteiger partial charge in [-0.3, -0.25) is 4.90 Å². The molecule has 3 rings (SSSR count). The lowest BCUT2D eigenvalue weighted by atomic mass is 10.1. The van der Waals surface area contributed by atoms with E-state index in [0.717, 1.165) is 11.5 Å². The number of hydrogen-bond donors (Lipinski definition) is 1. The van der Waals surface area contributed by atoms with Crippen molar-refractivity contribution in [2.75, 3.05) is 13.6 Å². The quantitative estimate of drug-likeness (QED) is 0.876. The lowest BCUT2D eigenvalue weighted by Crippen LogP contribution is -2.18. The van der Waals surface area contributed by atoms with Gasteiger partial charge < -0.3 is 4.98 Å². The Bertz CT molecular complexity index is 527. The van der Waals surface area contributed by atoms with Crippen LogP contribution in [-0.4, -0.2) is 28.5 Å². The zero-order valence-corrected chi connectivity index (χ0v) is 11.0. The average molecular weight is 241 g/mol. The Hall–Kier alpha value is -1.61. The van der Waals surface area contributed by atoms with Crippen LogP contribution in [0.15, 0.2) is 30.5 Å². The predicted octanol–water partition coefficient (Wildman–Crippen LogP) is 3.15. The molecule has 3 nitrogen and oxygen atoms in total. The molecule has 1 N–H and O–H groups in total. The molecule has 0 saturated carbocycles. The summed E-state index contributed by atoms with van der Waals surface area (Å²) >= 11 is 0. The third-order valence-electron chi connectivity index (χ3n) is 3.79. The minimum Gasteiger partial charge on any atom is -0.341 e. The van der Waals surface area contributed by atoms with Gasteiger partial charge in [-0.1, -0.05) is 29.8 Å². The number of imidazole rings is 1. The monoisotopic (exact) mass is 241 g/mol. The van der Waals surface area contributed by atoms with E-state index in [4.69, 9.17) is 0 Å². The third kappa shape index (κ3) is 2.06. The van der Waals surface area contributed by atoms with Crippen molar-refractivity contribution in [3.63, 3.8) is 0 Å². The van der Waals surface area contributed by atoms with Gasteiger partial charge >= 0.3 is 0 Å². The minimum atomic E-state index is 0.462. The fourth-order valence-corrected chi connectivity index (χ4v) is 2.64. The lowest BCUT2D eigenvalue weighted by Gasteiger charge is -2.16. The fraction of sp³-hybridized carbons (Fsp3) is 0.400. The first-order valence-electron chi connectivity index (χ1n) is 6.56. The van der Waals surface area contributed by atoms with Crippen molar-refractivity contribution in [1.82, 2.24) is 14.9 Å². The van der Waals surface area contributed by atoms with E-state index in [2.05, 4.69) is 53.1 Å². The number of rotatable bonds is 2. The predicted molar refractivity (Wildman–Crippen MR) is 73.4 cm³/mol. The Morgan fingerprint density at radius 3 is 2.72 bits per heavy atom. The van der Waals surface area contributed by atoms with Crippen molar-refractivity contribution in [2.45, 2.75) is 25.8 Å². The summed E-state index contributed by atoms with van der Waals surface area (Å²) in [5, 5.41) is 0. The summed E-state index contributed by atoms with van der Waals surface area (Å²) in [5.74, 6) is 1.10. The maximum absolute atomic E-state index is 4.55. The molecule has 18 heavy (non-hydrogen) atoms. The normalized spacial score (nSPS) is 20.4. The maximum Gasteiger partial charge on any atom is 0.123 e. The molecule has 0 amide bonds. The molecule has 2 heterocycles. The van der Waals surface area contributed by atoms with Crippen LogP contribution < -0.4 is 0 Å². The first-order valence-corrected chi connectivity index (χ1v) is 6.56. The van der Waals surface area contributed by atoms with Gasteiger partial charge in [0.2, 0.25) is 0 Å². The molecule has 0 spiro atoms. The maximum atomic E-state index is 4.55. The molecule has 1 aliphatic rings. The Morgan fingerprint density at radius 1 is 1.28 bits per heavy atom. The molecule has 0 radical (unpaired) electrons. The molecule has 1 saturated heterocycles. The summed E-state index contributed by atoms with van der Waals surface area (Å²) in [5.41, 5.74) is 3.61. The van der Waals surface area contributed by atoms with Crippen molar-refractivity contribution in [1.29, 1.82) is 0 Å². The summed E-state index contributed by atoms with van der Waals surface area (Å²) in [4.78, 5) is 10.4. The van der Waals surface area contributed by atoms with Gasteiger partial charge in [0.05, 0.1) is 17.9 Å². The Kier molecular flexibility index (Phi) is 2.92. The number of aromatic amines is 1. The van der Waals surface area contributed by atoms with Crippen LogP contribution >= 0.6 is 0 Å². The number of nitrogens with zero attached hydrogens (tertiary/aromatic N) is 2. The van der Waals surface area contributed by atoms with Gasteiger partial charge in [0, 0.05) is 0 Å². The molecule has 1 aliphatic heterocycles. The smallest absolute Gasteiger partial charge is 0.123 e. The van der Waals surface area contributed by atoms with E-state index in [9.17, 15) is 0 Å². The Morgan fingerprint density at radius 2 is 2.06 bits per heavy atom. The highest BCUT2D eigenvalue weighted by atomic mass is 15.2. The standard InChI is InChI=1S/C15H19N3/c1-11-5-7-12(8-6-11)13-10-16-15(17-13)14-4-3-9-18(14)2/h5-8,10,14H,3-4,9H2,1-2H3,(H,16,17). The molecule has 1 atom stereocenters. The molecule has 1 fully saturated rings. The highest BCUT2D eigenvalue weighted by Crippen LogP contribution is 2.29. The molecular formula is C15H19N3. The summed E-state index contributed by atoms with van der Waals surface area (Å²) in [6.45, 7) is 3.28. The van der Waals surface area contributed by atoms with Gasteiger partial charge in [-0.05, 0) is 38.9 Å². The van der Waals surface area contributed by atoms with Crippen LogP contribution in [0.2, 0.25) is 0 Å². The molecule has 94 valence electrons. The number of aromatic nitrogens is 2. The lowest BCUT2D eigenvalue weighted by molar-refractivity contribution is 0.307. The third-order valence-corrected chi connectivity index (χ3v) is 3.79. The van der Waals surface area contributed by atoms with E-state index in [1.807, 2.05) is 6.20 Å². The number of H-pyrrole nitrogens is 1. The molecule has 0 aliphatic carbocycles. The van der Waals surface area contributed by atoms with Crippen LogP contribution in [0.4, 0.5) is 0 Å². The second kappa shape index (κ2) is 4.58. The minimum absolute atomic E-state index is 0.462. The molecule has 1 unspecified atom stereocenters. The average Bonchev–Trinajstić information content (AvgIpc) is 2.98. The van der Waals surface area contributed by atoms with E-state index in [0.29, 0.717) is 6.04 Å². The van der Waals surface area contributed by atoms with Crippen LogP contribution in [0, 0.1) is 6.92 Å². The summed E-state index contributed by atoms with van der Waals surface area (Å²) in [6.07, 6.45) is 4.42. The van der Waals surface area contributed by atoms with Gasteiger partial charge in [-0.25, -0.2) is 4.98 Å². The van der Waals surface area contributed by atoms with E-state index >= 15 is 0 Å². The van der Waals surface area contributed by atoms with E-state index < -0.39 is 0 Å². The van der Waals surface area contributed by atoms with Crippen molar-refractivity contribution < 1.29 is 0 Å². The van der Waals surface area contributed by atoms with Crippen LogP contribution in [0.5, 0.6) is 0 Å². The SMILES string of the molecule is Cc1ccc(-c2cnc(C3CCCN3C)[nH]2)cc1. The largest absolute Gasteiger partial charge is 0.341 e. The zero-order valence-electron chi connectivity index (χ0n) is 11.0. The van der Waals surface area contributed by atoms with Crippen molar-refractivity contribution in [3.8, 4) is 11.3 Å². The number of benzene rings is 1. The van der Waals surface area contributed by atoms with Gasteiger partial charge in [-0.2, -0.15) is 0 Å². The van der Waals surface area contributed by atoms with Gasteiger partial charge in [0.25, 0.3) is 0 Å². The summed E-state index contributed by atoms with van der Waals surface area (Å²) in [7, 11) is 2.17. The van der Waals surface area contributed by atoms with Gasteiger partial charge in [0.15, 0.2) is 0 Å². The molecule has 3 heteroatoms. The highest BCUT2D eigenvalue weighted by molar-refractivity contribution is 5.58. The van der Waals surface area contributed by atoms with E-state index in [1.165, 1.54) is 30.5 Å². The number of aryl methyl sites for hydroxylation is 1. The molecule has 0 bridgehead atoms. The number of likely N-dealkylation sites (tertiary alicyclic amines) is 1. The number of hydrogen-bond acceptors (Lipinski definition) is 2. The van der Waals surface area contributed by atoms with Crippen LogP contribution in [0.3, 0.4) is 0 Å². The van der Waals surface area contributed by atoms with E-state index in [-0.39, 0.29) is 0 Å². The van der Waals surface area contributed by atoms with Crippen LogP contribution in [0.25, 0.3) is 11.3 Å². The van der Waals surface area contributed by atoms with Gasteiger partial charge in [0.1, 0.15) is 5.82 Å². The van der Waals surface area contributed by atoms with Crippen LogP contribution in [0.1, 0.15) is 30.3 Å². The Labute approximate surface area is 108 Å². The highest BCUT2D eigenvalue weighted by Gasteiger charge is 2.24. The summed E-state index contributed by atoms with van der Waals surface area (Å²) < 4.78 is 0. The second-order valence-electron chi connectivity index (χ2n) is 5.19. The van der Waals surface area contributed by atoms with Gasteiger partial charge in [-0.15, -0.1) is 0 Å². The van der Waals surface area contributed by atoms with Crippen LogP contribution in [-0.2, 0) is 0 Å².